The van der Waals surface area contributed by atoms with Gasteiger partial charge in [0.15, 0.2) is 0 Å². The van der Waals surface area contributed by atoms with Gasteiger partial charge < -0.3 is 9.84 Å². The van der Waals surface area contributed by atoms with Crippen molar-refractivity contribution < 1.29 is 9.84 Å². The third-order valence-electron chi connectivity index (χ3n) is 2.18. The second-order valence-electron chi connectivity index (χ2n) is 3.31. The SMILES string of the molecule is CCCC(O)CC1CCCO1. The summed E-state index contributed by atoms with van der Waals surface area (Å²) in [6, 6.07) is 0. The van der Waals surface area contributed by atoms with Crippen LogP contribution in [-0.4, -0.2) is 23.9 Å². The number of aliphatic hydroxyl groups excluding tert-OH is 1. The van der Waals surface area contributed by atoms with Crippen LogP contribution in [0, 0.1) is 0 Å². The summed E-state index contributed by atoms with van der Waals surface area (Å²) in [5, 5.41) is 9.43. The molecule has 1 aliphatic heterocycles. The molecule has 0 spiro atoms. The number of hydrogen-bond acceptors (Lipinski definition) is 2. The summed E-state index contributed by atoms with van der Waals surface area (Å²) in [5.41, 5.74) is 0. The number of hydrogen-bond donors (Lipinski definition) is 1. The molecule has 2 nitrogen and oxygen atoms in total. The number of aliphatic hydroxyl groups is 1. The Morgan fingerprint density at radius 1 is 1.64 bits per heavy atom. The average Bonchev–Trinajstić information content (AvgIpc) is 2.40. The summed E-state index contributed by atoms with van der Waals surface area (Å²) in [6.07, 6.45) is 5.34. The first kappa shape index (κ1) is 9.01. The van der Waals surface area contributed by atoms with E-state index in [4.69, 9.17) is 4.74 Å². The molecule has 0 saturated carbocycles. The van der Waals surface area contributed by atoms with E-state index in [1.165, 1.54) is 6.42 Å². The van der Waals surface area contributed by atoms with Gasteiger partial charge in [-0.15, -0.1) is 0 Å². The molecule has 0 bridgehead atoms. The molecule has 0 aromatic rings. The first-order valence-electron chi connectivity index (χ1n) is 4.62. The van der Waals surface area contributed by atoms with Crippen LogP contribution in [0.25, 0.3) is 0 Å². The van der Waals surface area contributed by atoms with Crippen molar-refractivity contribution in [3.63, 3.8) is 0 Å². The van der Waals surface area contributed by atoms with Crippen molar-refractivity contribution in [1.29, 1.82) is 0 Å². The van der Waals surface area contributed by atoms with E-state index in [-0.39, 0.29) is 6.10 Å². The molecule has 0 aromatic carbocycles. The largest absolute Gasteiger partial charge is 0.393 e. The van der Waals surface area contributed by atoms with E-state index in [1.54, 1.807) is 0 Å². The highest BCUT2D eigenvalue weighted by Gasteiger charge is 2.18. The zero-order chi connectivity index (χ0) is 8.10. The van der Waals surface area contributed by atoms with E-state index in [1.807, 2.05) is 0 Å². The molecule has 1 aliphatic rings. The summed E-state index contributed by atoms with van der Waals surface area (Å²) in [5.74, 6) is 0. The lowest BCUT2D eigenvalue weighted by Gasteiger charge is -2.13. The summed E-state index contributed by atoms with van der Waals surface area (Å²) < 4.78 is 5.41. The number of ether oxygens (including phenoxy) is 1. The molecule has 1 heterocycles. The number of rotatable bonds is 4. The molecule has 66 valence electrons. The molecular weight excluding hydrogens is 140 g/mol. The highest BCUT2D eigenvalue weighted by molar-refractivity contribution is 4.69. The Bertz CT molecular complexity index is 97.7. The Labute approximate surface area is 68.6 Å². The minimum absolute atomic E-state index is 0.136. The van der Waals surface area contributed by atoms with Crippen molar-refractivity contribution in [2.75, 3.05) is 6.61 Å². The Morgan fingerprint density at radius 2 is 2.45 bits per heavy atom. The molecule has 0 aromatic heterocycles. The molecule has 1 saturated heterocycles. The maximum absolute atomic E-state index is 9.43. The molecule has 1 fully saturated rings. The van der Waals surface area contributed by atoms with Crippen LogP contribution in [0.1, 0.15) is 39.0 Å². The fourth-order valence-corrected chi connectivity index (χ4v) is 1.58. The van der Waals surface area contributed by atoms with Crippen molar-refractivity contribution >= 4 is 0 Å². The van der Waals surface area contributed by atoms with Gasteiger partial charge in [0.1, 0.15) is 0 Å². The molecule has 1 N–H and O–H groups in total. The summed E-state index contributed by atoms with van der Waals surface area (Å²) in [7, 11) is 0. The smallest absolute Gasteiger partial charge is 0.0600 e. The van der Waals surface area contributed by atoms with Crippen LogP contribution in [-0.2, 0) is 4.74 Å². The fourth-order valence-electron chi connectivity index (χ4n) is 1.58. The second-order valence-corrected chi connectivity index (χ2v) is 3.31. The lowest BCUT2D eigenvalue weighted by molar-refractivity contribution is 0.0504. The van der Waals surface area contributed by atoms with Crippen LogP contribution in [0.5, 0.6) is 0 Å². The quantitative estimate of drug-likeness (QED) is 0.675. The van der Waals surface area contributed by atoms with Crippen molar-refractivity contribution in [2.45, 2.75) is 51.2 Å². The zero-order valence-corrected chi connectivity index (χ0v) is 7.25. The summed E-state index contributed by atoms with van der Waals surface area (Å²) in [4.78, 5) is 0. The first-order valence-corrected chi connectivity index (χ1v) is 4.62. The van der Waals surface area contributed by atoms with Gasteiger partial charge in [-0.2, -0.15) is 0 Å². The maximum Gasteiger partial charge on any atom is 0.0600 e. The maximum atomic E-state index is 9.43. The van der Waals surface area contributed by atoms with Gasteiger partial charge in [0, 0.05) is 6.61 Å². The lowest BCUT2D eigenvalue weighted by atomic mass is 10.1. The molecule has 0 radical (unpaired) electrons. The lowest BCUT2D eigenvalue weighted by Crippen LogP contribution is -2.16. The van der Waals surface area contributed by atoms with E-state index >= 15 is 0 Å². The van der Waals surface area contributed by atoms with Gasteiger partial charge in [-0.05, 0) is 25.7 Å². The van der Waals surface area contributed by atoms with Crippen LogP contribution in [0.3, 0.4) is 0 Å². The van der Waals surface area contributed by atoms with Crippen molar-refractivity contribution in [2.24, 2.45) is 0 Å². The third kappa shape index (κ3) is 3.21. The van der Waals surface area contributed by atoms with Gasteiger partial charge in [-0.1, -0.05) is 13.3 Å². The highest BCUT2D eigenvalue weighted by atomic mass is 16.5. The predicted molar refractivity (Wildman–Crippen MR) is 44.5 cm³/mol. The fraction of sp³-hybridized carbons (Fsp3) is 1.00. The monoisotopic (exact) mass is 158 g/mol. The van der Waals surface area contributed by atoms with Crippen LogP contribution < -0.4 is 0 Å². The van der Waals surface area contributed by atoms with Gasteiger partial charge in [0.25, 0.3) is 0 Å². The van der Waals surface area contributed by atoms with Gasteiger partial charge >= 0.3 is 0 Å². The molecule has 11 heavy (non-hydrogen) atoms. The average molecular weight is 158 g/mol. The van der Waals surface area contributed by atoms with Crippen molar-refractivity contribution in [1.82, 2.24) is 0 Å². The molecule has 2 atom stereocenters. The molecule has 0 aliphatic carbocycles. The summed E-state index contributed by atoms with van der Waals surface area (Å²) >= 11 is 0. The van der Waals surface area contributed by atoms with Gasteiger partial charge in [-0.25, -0.2) is 0 Å². The minimum atomic E-state index is -0.136. The van der Waals surface area contributed by atoms with Gasteiger partial charge in [0.05, 0.1) is 12.2 Å². The van der Waals surface area contributed by atoms with E-state index in [0.29, 0.717) is 6.10 Å². The van der Waals surface area contributed by atoms with E-state index in [2.05, 4.69) is 6.92 Å². The van der Waals surface area contributed by atoms with Crippen LogP contribution in [0.15, 0.2) is 0 Å². The standard InChI is InChI=1S/C9H18O2/c1-2-4-8(10)7-9-5-3-6-11-9/h8-10H,2-7H2,1H3. The topological polar surface area (TPSA) is 29.5 Å². The van der Waals surface area contributed by atoms with Crippen LogP contribution in [0.2, 0.25) is 0 Å². The van der Waals surface area contributed by atoms with Gasteiger partial charge in [0.2, 0.25) is 0 Å². The Kier molecular flexibility index (Phi) is 3.87. The van der Waals surface area contributed by atoms with Gasteiger partial charge in [-0.3, -0.25) is 0 Å². The highest BCUT2D eigenvalue weighted by Crippen LogP contribution is 2.18. The van der Waals surface area contributed by atoms with E-state index in [9.17, 15) is 5.11 Å². The zero-order valence-electron chi connectivity index (χ0n) is 7.25. The minimum Gasteiger partial charge on any atom is -0.393 e. The van der Waals surface area contributed by atoms with Crippen LogP contribution in [0.4, 0.5) is 0 Å². The van der Waals surface area contributed by atoms with Crippen molar-refractivity contribution in [3.05, 3.63) is 0 Å². The summed E-state index contributed by atoms with van der Waals surface area (Å²) in [6.45, 7) is 2.99. The molecule has 1 rings (SSSR count). The van der Waals surface area contributed by atoms with E-state index < -0.39 is 0 Å². The molecular formula is C9H18O2. The third-order valence-corrected chi connectivity index (χ3v) is 2.18. The van der Waals surface area contributed by atoms with E-state index in [0.717, 1.165) is 32.3 Å². The first-order chi connectivity index (χ1) is 5.33. The Hall–Kier alpha value is -0.0800. The molecule has 2 unspecified atom stereocenters. The van der Waals surface area contributed by atoms with Crippen molar-refractivity contribution in [3.8, 4) is 0 Å². The Balaban J connectivity index is 2.08. The Morgan fingerprint density at radius 3 is 3.00 bits per heavy atom. The molecule has 2 heteroatoms. The molecule has 0 amide bonds. The second kappa shape index (κ2) is 4.73. The predicted octanol–water partition coefficient (Wildman–Crippen LogP) is 1.72. The normalized spacial score (nSPS) is 27.3. The van der Waals surface area contributed by atoms with Crippen LogP contribution >= 0.6 is 0 Å².